The average Bonchev–Trinajstić information content (AvgIpc) is 2.55. The van der Waals surface area contributed by atoms with Crippen LogP contribution >= 0.6 is 0 Å². The molecule has 1 unspecified atom stereocenters. The van der Waals surface area contributed by atoms with E-state index in [-0.39, 0.29) is 6.61 Å². The van der Waals surface area contributed by atoms with Gasteiger partial charge in [0.15, 0.2) is 0 Å². The van der Waals surface area contributed by atoms with Crippen LogP contribution in [-0.4, -0.2) is 36.3 Å². The average molecular weight is 310 g/mol. The standard InChI is InChI=1S/C19H22N2O2/c1-15-3-9-19(10-4-15)23-14-18(22)13-21(2)12-17-7-5-16(11-20)6-8-17/h3-10,18,22H,12-14H2,1-2H3. The largest absolute Gasteiger partial charge is 0.491 e. The summed E-state index contributed by atoms with van der Waals surface area (Å²) in [6.07, 6.45) is -0.556. The van der Waals surface area contributed by atoms with Gasteiger partial charge in [-0.1, -0.05) is 29.8 Å². The van der Waals surface area contributed by atoms with Crippen LogP contribution in [0.4, 0.5) is 0 Å². The number of nitriles is 1. The van der Waals surface area contributed by atoms with Crippen LogP contribution in [0.25, 0.3) is 0 Å². The molecule has 0 aliphatic rings. The minimum Gasteiger partial charge on any atom is -0.491 e. The normalized spacial score (nSPS) is 12.0. The van der Waals surface area contributed by atoms with E-state index in [1.807, 2.05) is 55.3 Å². The predicted molar refractivity (Wildman–Crippen MR) is 90.2 cm³/mol. The minimum absolute atomic E-state index is 0.265. The van der Waals surface area contributed by atoms with Crippen molar-refractivity contribution in [3.8, 4) is 11.8 Å². The fourth-order valence-electron chi connectivity index (χ4n) is 2.30. The Balaban J connectivity index is 1.76. The molecule has 0 aliphatic carbocycles. The molecule has 0 bridgehead atoms. The fourth-order valence-corrected chi connectivity index (χ4v) is 2.30. The van der Waals surface area contributed by atoms with Crippen LogP contribution in [0.5, 0.6) is 5.75 Å². The van der Waals surface area contributed by atoms with Gasteiger partial charge in [-0.05, 0) is 43.8 Å². The molecule has 0 heterocycles. The zero-order valence-electron chi connectivity index (χ0n) is 13.6. The van der Waals surface area contributed by atoms with E-state index in [9.17, 15) is 5.11 Å². The van der Waals surface area contributed by atoms with Crippen molar-refractivity contribution >= 4 is 0 Å². The van der Waals surface area contributed by atoms with Gasteiger partial charge in [0.25, 0.3) is 0 Å². The van der Waals surface area contributed by atoms with Crippen molar-refractivity contribution in [2.45, 2.75) is 19.6 Å². The topological polar surface area (TPSA) is 56.5 Å². The molecule has 1 atom stereocenters. The number of benzene rings is 2. The summed E-state index contributed by atoms with van der Waals surface area (Å²) < 4.78 is 5.59. The van der Waals surface area contributed by atoms with Crippen molar-refractivity contribution in [1.82, 2.24) is 4.90 Å². The van der Waals surface area contributed by atoms with E-state index in [1.54, 1.807) is 12.1 Å². The van der Waals surface area contributed by atoms with E-state index in [2.05, 4.69) is 6.07 Å². The van der Waals surface area contributed by atoms with Gasteiger partial charge in [-0.25, -0.2) is 0 Å². The van der Waals surface area contributed by atoms with Crippen LogP contribution in [0.1, 0.15) is 16.7 Å². The smallest absolute Gasteiger partial charge is 0.119 e. The Bertz CT molecular complexity index is 645. The number of aryl methyl sites for hydroxylation is 1. The molecule has 2 rings (SSSR count). The Morgan fingerprint density at radius 3 is 2.39 bits per heavy atom. The predicted octanol–water partition coefficient (Wildman–Crippen LogP) is 2.74. The first kappa shape index (κ1) is 17.0. The maximum Gasteiger partial charge on any atom is 0.119 e. The first-order chi connectivity index (χ1) is 11.1. The number of aliphatic hydroxyl groups excluding tert-OH is 1. The molecule has 0 aromatic heterocycles. The molecule has 2 aromatic rings. The molecular weight excluding hydrogens is 288 g/mol. The highest BCUT2D eigenvalue weighted by atomic mass is 16.5. The van der Waals surface area contributed by atoms with E-state index >= 15 is 0 Å². The van der Waals surface area contributed by atoms with Crippen molar-refractivity contribution in [3.63, 3.8) is 0 Å². The summed E-state index contributed by atoms with van der Waals surface area (Å²) in [4.78, 5) is 2.03. The number of aliphatic hydroxyl groups is 1. The molecule has 23 heavy (non-hydrogen) atoms. The highest BCUT2D eigenvalue weighted by molar-refractivity contribution is 5.31. The molecule has 0 saturated carbocycles. The second kappa shape index (κ2) is 8.33. The van der Waals surface area contributed by atoms with Crippen LogP contribution in [0.3, 0.4) is 0 Å². The van der Waals surface area contributed by atoms with E-state index in [1.165, 1.54) is 5.56 Å². The van der Waals surface area contributed by atoms with Gasteiger partial charge in [0.2, 0.25) is 0 Å². The third-order valence-electron chi connectivity index (χ3n) is 3.52. The maximum atomic E-state index is 10.1. The molecule has 0 saturated heterocycles. The SMILES string of the molecule is Cc1ccc(OCC(O)CN(C)Cc2ccc(C#N)cc2)cc1. The molecule has 0 radical (unpaired) electrons. The zero-order chi connectivity index (χ0) is 16.7. The van der Waals surface area contributed by atoms with Crippen molar-refractivity contribution in [2.24, 2.45) is 0 Å². The van der Waals surface area contributed by atoms with Crippen molar-refractivity contribution in [2.75, 3.05) is 20.2 Å². The Labute approximate surface area is 137 Å². The number of nitrogens with zero attached hydrogens (tertiary/aromatic N) is 2. The first-order valence-electron chi connectivity index (χ1n) is 7.62. The molecular formula is C19H22N2O2. The van der Waals surface area contributed by atoms with E-state index in [0.29, 0.717) is 18.7 Å². The van der Waals surface area contributed by atoms with Gasteiger partial charge >= 0.3 is 0 Å². The Morgan fingerprint density at radius 2 is 1.78 bits per heavy atom. The summed E-state index contributed by atoms with van der Waals surface area (Å²) in [5, 5.41) is 18.9. The van der Waals surface area contributed by atoms with E-state index in [0.717, 1.165) is 11.3 Å². The summed E-state index contributed by atoms with van der Waals surface area (Å²) in [6, 6.07) is 17.4. The molecule has 4 nitrogen and oxygen atoms in total. The van der Waals surface area contributed by atoms with Crippen LogP contribution < -0.4 is 4.74 Å². The lowest BCUT2D eigenvalue weighted by Gasteiger charge is -2.21. The lowest BCUT2D eigenvalue weighted by atomic mass is 10.1. The fraction of sp³-hybridized carbons (Fsp3) is 0.316. The number of ether oxygens (including phenoxy) is 1. The van der Waals surface area contributed by atoms with E-state index < -0.39 is 6.10 Å². The number of hydrogen-bond donors (Lipinski definition) is 1. The lowest BCUT2D eigenvalue weighted by Crippen LogP contribution is -2.32. The number of hydrogen-bond acceptors (Lipinski definition) is 4. The maximum absolute atomic E-state index is 10.1. The van der Waals surface area contributed by atoms with Gasteiger partial charge in [0.1, 0.15) is 18.5 Å². The van der Waals surface area contributed by atoms with Gasteiger partial charge in [-0.3, -0.25) is 4.90 Å². The van der Waals surface area contributed by atoms with Crippen molar-refractivity contribution < 1.29 is 9.84 Å². The van der Waals surface area contributed by atoms with E-state index in [4.69, 9.17) is 10.00 Å². The molecule has 0 aliphatic heterocycles. The Kier molecular flexibility index (Phi) is 6.16. The molecule has 1 N–H and O–H groups in total. The summed E-state index contributed by atoms with van der Waals surface area (Å²) in [6.45, 7) is 3.52. The monoisotopic (exact) mass is 310 g/mol. The van der Waals surface area contributed by atoms with Gasteiger partial charge in [0.05, 0.1) is 11.6 Å². The first-order valence-corrected chi connectivity index (χ1v) is 7.62. The van der Waals surface area contributed by atoms with Crippen molar-refractivity contribution in [3.05, 3.63) is 65.2 Å². The molecule has 0 amide bonds. The Morgan fingerprint density at radius 1 is 1.13 bits per heavy atom. The molecule has 0 spiro atoms. The van der Waals surface area contributed by atoms with Gasteiger partial charge < -0.3 is 9.84 Å². The number of likely N-dealkylation sites (N-methyl/N-ethyl adjacent to an activating group) is 1. The molecule has 2 aromatic carbocycles. The lowest BCUT2D eigenvalue weighted by molar-refractivity contribution is 0.0744. The second-order valence-electron chi connectivity index (χ2n) is 5.78. The van der Waals surface area contributed by atoms with Crippen LogP contribution in [0, 0.1) is 18.3 Å². The summed E-state index contributed by atoms with van der Waals surface area (Å²) in [7, 11) is 1.95. The third kappa shape index (κ3) is 5.74. The van der Waals surface area contributed by atoms with Crippen LogP contribution in [0.2, 0.25) is 0 Å². The van der Waals surface area contributed by atoms with Crippen molar-refractivity contribution in [1.29, 1.82) is 5.26 Å². The van der Waals surface area contributed by atoms with Gasteiger partial charge in [-0.2, -0.15) is 5.26 Å². The summed E-state index contributed by atoms with van der Waals surface area (Å²) >= 11 is 0. The minimum atomic E-state index is -0.556. The van der Waals surface area contributed by atoms with Gasteiger partial charge in [-0.15, -0.1) is 0 Å². The van der Waals surface area contributed by atoms with Gasteiger partial charge in [0, 0.05) is 13.1 Å². The van der Waals surface area contributed by atoms with Crippen LogP contribution in [-0.2, 0) is 6.54 Å². The highest BCUT2D eigenvalue weighted by Crippen LogP contribution is 2.12. The molecule has 4 heteroatoms. The zero-order valence-corrected chi connectivity index (χ0v) is 13.6. The highest BCUT2D eigenvalue weighted by Gasteiger charge is 2.10. The van der Waals surface area contributed by atoms with Crippen LogP contribution in [0.15, 0.2) is 48.5 Å². The molecule has 120 valence electrons. The summed E-state index contributed by atoms with van der Waals surface area (Å²) in [5.74, 6) is 0.768. The quantitative estimate of drug-likeness (QED) is 0.854. The third-order valence-corrected chi connectivity index (χ3v) is 3.52. The molecule has 0 fully saturated rings. The number of rotatable bonds is 7. The Hall–Kier alpha value is -2.35. The summed E-state index contributed by atoms with van der Waals surface area (Å²) in [5.41, 5.74) is 2.95. The second-order valence-corrected chi connectivity index (χ2v) is 5.78.